The Morgan fingerprint density at radius 1 is 1.11 bits per heavy atom. The number of aldehydes is 1. The highest BCUT2D eigenvalue weighted by Crippen LogP contribution is 2.62. The minimum Gasteiger partial charge on any atom is -0.396 e. The summed E-state index contributed by atoms with van der Waals surface area (Å²) in [6.45, 7) is 9.66. The van der Waals surface area contributed by atoms with Crippen LogP contribution in [0.15, 0.2) is 58.2 Å². The summed E-state index contributed by atoms with van der Waals surface area (Å²) in [6.07, 6.45) is 14.5. The Kier molecular flexibility index (Phi) is 10.9. The van der Waals surface area contributed by atoms with Crippen LogP contribution in [0.2, 0.25) is 0 Å². The number of hydrogen-bond acceptors (Lipinski definition) is 5. The first kappa shape index (κ1) is 29.4. The lowest BCUT2D eigenvalue weighted by molar-refractivity contribution is -0.167. The summed E-state index contributed by atoms with van der Waals surface area (Å²) in [5.41, 5.74) is 2.86. The fraction of sp³-hybridized carbons (Fsp3) is 0.633. The second-order valence-electron chi connectivity index (χ2n) is 10.9. The molecule has 0 aromatic rings. The molecule has 0 aliphatic heterocycles. The Morgan fingerprint density at radius 3 is 2.43 bits per heavy atom. The normalized spacial score (nSPS) is 33.5. The molecule has 0 amide bonds. The van der Waals surface area contributed by atoms with E-state index in [-0.39, 0.29) is 25.0 Å². The minimum atomic E-state index is -1.12. The van der Waals surface area contributed by atoms with Crippen LogP contribution in [0.25, 0.3) is 0 Å². The molecular formula is C30H46O5. The van der Waals surface area contributed by atoms with Crippen molar-refractivity contribution in [2.45, 2.75) is 91.3 Å². The lowest BCUT2D eigenvalue weighted by Gasteiger charge is -2.55. The third-order valence-corrected chi connectivity index (χ3v) is 8.33. The molecule has 2 saturated carbocycles. The van der Waals surface area contributed by atoms with Gasteiger partial charge in [-0.1, -0.05) is 47.1 Å². The van der Waals surface area contributed by atoms with E-state index in [1.807, 2.05) is 25.2 Å². The van der Waals surface area contributed by atoms with E-state index in [0.29, 0.717) is 44.1 Å². The fourth-order valence-corrected chi connectivity index (χ4v) is 6.33. The highest BCUT2D eigenvalue weighted by molar-refractivity contribution is 5.74. The second-order valence-corrected chi connectivity index (χ2v) is 10.9. The van der Waals surface area contributed by atoms with Crippen LogP contribution in [0.1, 0.15) is 79.6 Å². The number of carbonyl (C=O) groups is 1. The van der Waals surface area contributed by atoms with Gasteiger partial charge < -0.3 is 20.4 Å². The SMILES string of the molecule is CC(C)=CC/C=C(C)/C=C/C=C(/CO)[C@@H]1CC[C@]2([C@H](CCCO)/C(=C(/C)C=O)CC[C@]2(C)O)[C@@H]1O. The molecule has 5 nitrogen and oxygen atoms in total. The van der Waals surface area contributed by atoms with E-state index in [2.05, 4.69) is 26.0 Å². The number of hydrogen-bond donors (Lipinski definition) is 4. The van der Waals surface area contributed by atoms with Crippen molar-refractivity contribution in [2.75, 3.05) is 13.2 Å². The zero-order chi connectivity index (χ0) is 26.2. The minimum absolute atomic E-state index is 0.0226. The van der Waals surface area contributed by atoms with E-state index in [1.165, 1.54) is 5.57 Å². The number of rotatable bonds is 10. The molecule has 35 heavy (non-hydrogen) atoms. The molecular weight excluding hydrogens is 440 g/mol. The third-order valence-electron chi connectivity index (χ3n) is 8.33. The molecule has 1 spiro atoms. The Balaban J connectivity index is 2.39. The van der Waals surface area contributed by atoms with Gasteiger partial charge >= 0.3 is 0 Å². The zero-order valence-electron chi connectivity index (χ0n) is 22.3. The van der Waals surface area contributed by atoms with Crippen molar-refractivity contribution in [2.24, 2.45) is 17.3 Å². The van der Waals surface area contributed by atoms with Gasteiger partial charge in [-0.25, -0.2) is 0 Å². The number of aliphatic hydroxyl groups is 4. The van der Waals surface area contributed by atoms with Crippen molar-refractivity contribution in [1.82, 2.24) is 0 Å². The van der Waals surface area contributed by atoms with Crippen LogP contribution in [0.4, 0.5) is 0 Å². The smallest absolute Gasteiger partial charge is 0.145 e. The maximum absolute atomic E-state index is 11.8. The topological polar surface area (TPSA) is 98.0 Å². The van der Waals surface area contributed by atoms with Crippen LogP contribution in [0.3, 0.4) is 0 Å². The van der Waals surface area contributed by atoms with E-state index in [0.717, 1.165) is 29.4 Å². The molecule has 5 heteroatoms. The standard InChI is InChI=1S/C30H46O5/c1-21(2)9-6-10-22(3)11-7-12-24(20-33)26-15-17-30(28(26)34)27(13-8-18-31)25(23(4)19-32)14-16-29(30,5)35/h7,9-12,19,26-28,31,33-35H,6,8,13-18,20H2,1-5H3/b11-7+,22-10+,24-12-,25-23-/t26-,27+,28+,29-,30-/m0/s1. The first-order valence-corrected chi connectivity index (χ1v) is 13.0. The van der Waals surface area contributed by atoms with Gasteiger partial charge in [-0.15, -0.1) is 0 Å². The molecule has 0 saturated heterocycles. The average Bonchev–Trinajstić information content (AvgIpc) is 3.15. The molecule has 196 valence electrons. The summed E-state index contributed by atoms with van der Waals surface area (Å²) < 4.78 is 0. The van der Waals surface area contributed by atoms with Gasteiger partial charge in [-0.05, 0) is 96.6 Å². The Bertz CT molecular complexity index is 884. The summed E-state index contributed by atoms with van der Waals surface area (Å²) in [6, 6.07) is 0. The first-order chi connectivity index (χ1) is 16.6. The quantitative estimate of drug-likeness (QED) is 0.151. The van der Waals surface area contributed by atoms with Gasteiger partial charge in [0.2, 0.25) is 0 Å². The van der Waals surface area contributed by atoms with E-state index < -0.39 is 17.1 Å². The molecule has 0 radical (unpaired) electrons. The number of aliphatic hydroxyl groups excluding tert-OH is 3. The van der Waals surface area contributed by atoms with Crippen molar-refractivity contribution in [1.29, 1.82) is 0 Å². The van der Waals surface area contributed by atoms with E-state index in [9.17, 15) is 25.2 Å². The molecule has 0 unspecified atom stereocenters. The summed E-state index contributed by atoms with van der Waals surface area (Å²) in [4.78, 5) is 11.7. The first-order valence-electron chi connectivity index (χ1n) is 13.0. The van der Waals surface area contributed by atoms with Crippen molar-refractivity contribution in [3.8, 4) is 0 Å². The number of allylic oxidation sites excluding steroid dienone is 9. The van der Waals surface area contributed by atoms with Crippen molar-refractivity contribution in [3.63, 3.8) is 0 Å². The van der Waals surface area contributed by atoms with E-state index in [1.54, 1.807) is 13.8 Å². The molecule has 0 aromatic heterocycles. The van der Waals surface area contributed by atoms with Crippen LogP contribution >= 0.6 is 0 Å². The van der Waals surface area contributed by atoms with Crippen molar-refractivity contribution < 1.29 is 25.2 Å². The van der Waals surface area contributed by atoms with Gasteiger partial charge in [0.05, 0.1) is 18.3 Å². The molecule has 2 aliphatic carbocycles. The highest BCUT2D eigenvalue weighted by atomic mass is 16.3. The number of carbonyl (C=O) groups excluding carboxylic acids is 1. The highest BCUT2D eigenvalue weighted by Gasteiger charge is 2.63. The van der Waals surface area contributed by atoms with Crippen molar-refractivity contribution in [3.05, 3.63) is 58.2 Å². The predicted molar refractivity (Wildman–Crippen MR) is 142 cm³/mol. The van der Waals surface area contributed by atoms with Gasteiger partial charge in [-0.3, -0.25) is 4.79 Å². The lowest BCUT2D eigenvalue weighted by atomic mass is 9.52. The van der Waals surface area contributed by atoms with Crippen LogP contribution in [-0.4, -0.2) is 51.6 Å². The molecule has 4 N–H and O–H groups in total. The molecule has 5 atom stereocenters. The van der Waals surface area contributed by atoms with Crippen LogP contribution < -0.4 is 0 Å². The lowest BCUT2D eigenvalue weighted by Crippen LogP contribution is -2.59. The summed E-state index contributed by atoms with van der Waals surface area (Å²) in [5.74, 6) is -0.474. The van der Waals surface area contributed by atoms with Gasteiger partial charge in [-0.2, -0.15) is 0 Å². The van der Waals surface area contributed by atoms with E-state index >= 15 is 0 Å². The molecule has 0 bridgehead atoms. The van der Waals surface area contributed by atoms with Gasteiger partial charge in [0.25, 0.3) is 0 Å². The molecule has 0 heterocycles. The summed E-state index contributed by atoms with van der Waals surface area (Å²) in [5, 5.41) is 43.2. The zero-order valence-corrected chi connectivity index (χ0v) is 22.3. The van der Waals surface area contributed by atoms with Crippen molar-refractivity contribution >= 4 is 6.29 Å². The third kappa shape index (κ3) is 6.51. The average molecular weight is 487 g/mol. The van der Waals surface area contributed by atoms with Gasteiger partial charge in [0.15, 0.2) is 0 Å². The largest absolute Gasteiger partial charge is 0.396 e. The van der Waals surface area contributed by atoms with E-state index in [4.69, 9.17) is 0 Å². The molecule has 2 fully saturated rings. The fourth-order valence-electron chi connectivity index (χ4n) is 6.33. The molecule has 2 rings (SSSR count). The maximum atomic E-state index is 11.8. The molecule has 2 aliphatic rings. The summed E-state index contributed by atoms with van der Waals surface area (Å²) in [7, 11) is 0. The second kappa shape index (κ2) is 13.0. The van der Waals surface area contributed by atoms with Gasteiger partial charge in [0.1, 0.15) is 6.29 Å². The Labute approximate surface area is 211 Å². The monoisotopic (exact) mass is 486 g/mol. The predicted octanol–water partition coefficient (Wildman–Crippen LogP) is 4.97. The van der Waals surface area contributed by atoms with Gasteiger partial charge in [0, 0.05) is 17.9 Å². The van der Waals surface area contributed by atoms with Crippen LogP contribution in [-0.2, 0) is 4.79 Å². The Hall–Kier alpha value is -1.79. The van der Waals surface area contributed by atoms with Crippen LogP contribution in [0.5, 0.6) is 0 Å². The molecule has 0 aromatic carbocycles. The Morgan fingerprint density at radius 2 is 1.83 bits per heavy atom. The van der Waals surface area contributed by atoms with Crippen LogP contribution in [0, 0.1) is 17.3 Å². The summed E-state index contributed by atoms with van der Waals surface area (Å²) >= 11 is 0. The maximum Gasteiger partial charge on any atom is 0.145 e.